The van der Waals surface area contributed by atoms with E-state index in [1.165, 1.54) is 60.7 Å². The molecule has 2 aliphatic carbocycles. The fourth-order valence-electron chi connectivity index (χ4n) is 7.57. The first-order chi connectivity index (χ1) is 29.2. The highest BCUT2D eigenvalue weighted by molar-refractivity contribution is 6.36. The average Bonchev–Trinajstić information content (AvgIpc) is 3.79. The van der Waals surface area contributed by atoms with E-state index in [4.69, 9.17) is 0 Å². The number of benzene rings is 5. The van der Waals surface area contributed by atoms with Gasteiger partial charge in [-0.1, -0.05) is 36.4 Å². The summed E-state index contributed by atoms with van der Waals surface area (Å²) < 4.78 is 28.8. The molecule has 0 saturated carbocycles. The van der Waals surface area contributed by atoms with Crippen molar-refractivity contribution in [2.75, 3.05) is 0 Å². The molecule has 0 saturated heterocycles. The second kappa shape index (κ2) is 15.2. The van der Waals surface area contributed by atoms with Crippen LogP contribution in [0.25, 0.3) is 44.6 Å². The van der Waals surface area contributed by atoms with Crippen LogP contribution in [0.2, 0.25) is 0 Å². The topological polar surface area (TPSA) is 238 Å². The summed E-state index contributed by atoms with van der Waals surface area (Å²) in [7, 11) is 0. The van der Waals surface area contributed by atoms with Gasteiger partial charge in [0.1, 0.15) is 72.3 Å². The lowest BCUT2D eigenvalue weighted by atomic mass is 9.81. The maximum Gasteiger partial charge on any atom is 0.123 e. The minimum absolute atomic E-state index is 0.00133. The van der Waals surface area contributed by atoms with Crippen LogP contribution in [0.1, 0.15) is 77.9 Å². The Bertz CT molecular complexity index is 3190. The maximum atomic E-state index is 14.4. The Morgan fingerprint density at radius 3 is 1.00 bits per heavy atom. The van der Waals surface area contributed by atoms with Crippen LogP contribution in [0.15, 0.2) is 84.9 Å². The van der Waals surface area contributed by atoms with Crippen LogP contribution in [-0.4, -0.2) is 0 Å². The lowest BCUT2D eigenvalue weighted by molar-refractivity contribution is 0.627. The van der Waals surface area contributed by atoms with Crippen LogP contribution in [-0.2, 0) is 0 Å². The van der Waals surface area contributed by atoms with Gasteiger partial charge in [-0.2, -0.15) is 52.6 Å². The molecule has 2 aliphatic rings. The number of fused-ring (bicyclic) bond motifs is 2. The smallest absolute Gasteiger partial charge is 0.123 e. The third kappa shape index (κ3) is 5.68. The molecule has 12 heteroatoms. The maximum absolute atomic E-state index is 14.4. The minimum atomic E-state index is -0.641. The predicted octanol–water partition coefficient (Wildman–Crippen LogP) is 8.96. The normalized spacial score (nSPS) is 13.6. The zero-order valence-corrected chi connectivity index (χ0v) is 30.3. The van der Waals surface area contributed by atoms with Gasteiger partial charge in [-0.15, -0.1) is 0 Å². The van der Waals surface area contributed by atoms with Crippen molar-refractivity contribution in [1.29, 1.82) is 52.6 Å². The molecule has 0 N–H and O–H groups in total. The SMILES string of the molecule is N#CC1=C(c2ccc(F)cc2)/C(=C(/C#N)c2ccc(C#N)c(C#N)c2)c2c(C#N)c3c(c(C#N)c21)/C(=C(\C#N)c1ccc(C#N)c(C#N)c1)C(c1ccc(F)cc1)=C3C#N. The van der Waals surface area contributed by atoms with Gasteiger partial charge in [0.2, 0.25) is 0 Å². The molecule has 270 valence electrons. The van der Waals surface area contributed by atoms with Gasteiger partial charge in [-0.25, -0.2) is 8.78 Å². The Balaban J connectivity index is 1.77. The number of rotatable bonds is 4. The summed E-state index contributed by atoms with van der Waals surface area (Å²) in [5.41, 5.74) is -1.87. The summed E-state index contributed by atoms with van der Waals surface area (Å²) in [5.74, 6) is -1.28. The molecule has 60 heavy (non-hydrogen) atoms. The summed E-state index contributed by atoms with van der Waals surface area (Å²) in [4.78, 5) is 0. The van der Waals surface area contributed by atoms with Gasteiger partial charge >= 0.3 is 0 Å². The van der Waals surface area contributed by atoms with Crippen LogP contribution in [0.4, 0.5) is 8.78 Å². The van der Waals surface area contributed by atoms with E-state index in [2.05, 4.69) is 36.4 Å². The van der Waals surface area contributed by atoms with Crippen molar-refractivity contribution in [1.82, 2.24) is 0 Å². The molecule has 0 heterocycles. The standard InChI is InChI=1S/C48H14F2N10/c49-33-9-5-25(6-10-33)41-37(21-57)43-40(24-60)48-44(39(23-59)47(43)45(41)35(19-55)27-1-3-29(15-51)31(13-27)17-53)38(22-58)42(26-7-11-34(50)12-8-26)46(48)36(20-56)28-2-4-30(16-52)32(14-28)18-54/h1-14H/b45-35+,46-36+. The molecular formula is C48H14F2N10. The molecule has 5 aromatic carbocycles. The lowest BCUT2D eigenvalue weighted by Crippen LogP contribution is -2.05. The van der Waals surface area contributed by atoms with Crippen molar-refractivity contribution in [3.05, 3.63) is 174 Å². The van der Waals surface area contributed by atoms with Crippen LogP contribution < -0.4 is 0 Å². The van der Waals surface area contributed by atoms with Crippen molar-refractivity contribution in [2.45, 2.75) is 0 Å². The molecule has 5 aromatic rings. The fraction of sp³-hybridized carbons (Fsp3) is 0. The summed E-state index contributed by atoms with van der Waals surface area (Å²) in [6, 6.07) is 38.1. The van der Waals surface area contributed by atoms with E-state index in [1.807, 2.05) is 24.3 Å². The van der Waals surface area contributed by atoms with Gasteiger partial charge in [0.25, 0.3) is 0 Å². The highest BCUT2D eigenvalue weighted by Gasteiger charge is 2.43. The van der Waals surface area contributed by atoms with Gasteiger partial charge in [0, 0.05) is 44.5 Å². The van der Waals surface area contributed by atoms with Gasteiger partial charge in [0.05, 0.1) is 55.7 Å². The summed E-state index contributed by atoms with van der Waals surface area (Å²) in [5, 5.41) is 105. The molecule has 0 bridgehead atoms. The third-order valence-electron chi connectivity index (χ3n) is 10.0. The van der Waals surface area contributed by atoms with E-state index in [0.717, 1.165) is 24.3 Å². The first-order valence-electron chi connectivity index (χ1n) is 17.2. The number of allylic oxidation sites excluding steroid dienone is 8. The highest BCUT2D eigenvalue weighted by Crippen LogP contribution is 2.59. The quantitative estimate of drug-likeness (QED) is 0.157. The molecule has 0 fully saturated rings. The first kappa shape index (κ1) is 38.1. The molecule has 0 spiro atoms. The number of hydrogen-bond donors (Lipinski definition) is 0. The summed E-state index contributed by atoms with van der Waals surface area (Å²) >= 11 is 0. The van der Waals surface area contributed by atoms with E-state index in [-0.39, 0.29) is 122 Å². The molecule has 0 unspecified atom stereocenters. The Morgan fingerprint density at radius 2 is 0.717 bits per heavy atom. The van der Waals surface area contributed by atoms with Crippen LogP contribution in [0, 0.1) is 125 Å². The number of hydrogen-bond acceptors (Lipinski definition) is 10. The van der Waals surface area contributed by atoms with Crippen LogP contribution in [0.5, 0.6) is 0 Å². The fourth-order valence-corrected chi connectivity index (χ4v) is 7.57. The minimum Gasteiger partial charge on any atom is -0.207 e. The van der Waals surface area contributed by atoms with E-state index < -0.39 is 11.6 Å². The number of nitriles is 10. The van der Waals surface area contributed by atoms with E-state index >= 15 is 0 Å². The largest absolute Gasteiger partial charge is 0.207 e. The summed E-state index contributed by atoms with van der Waals surface area (Å²) in [6.45, 7) is 0. The zero-order valence-electron chi connectivity index (χ0n) is 30.3. The van der Waals surface area contributed by atoms with Crippen molar-refractivity contribution in [3.8, 4) is 60.7 Å². The molecule has 0 aliphatic heterocycles. The Kier molecular flexibility index (Phi) is 9.63. The van der Waals surface area contributed by atoms with E-state index in [1.54, 1.807) is 0 Å². The van der Waals surface area contributed by atoms with Gasteiger partial charge in [0.15, 0.2) is 0 Å². The van der Waals surface area contributed by atoms with E-state index in [9.17, 15) is 61.4 Å². The third-order valence-corrected chi connectivity index (χ3v) is 10.0. The Hall–Kier alpha value is -10.2. The monoisotopic (exact) mass is 768 g/mol. The highest BCUT2D eigenvalue weighted by atomic mass is 19.1. The number of halogens is 2. The molecule has 7 rings (SSSR count). The molecule has 10 nitrogen and oxygen atoms in total. The van der Waals surface area contributed by atoms with Crippen molar-refractivity contribution in [3.63, 3.8) is 0 Å². The van der Waals surface area contributed by atoms with Crippen molar-refractivity contribution >= 4 is 44.6 Å². The van der Waals surface area contributed by atoms with E-state index in [0.29, 0.717) is 0 Å². The second-order valence-corrected chi connectivity index (χ2v) is 12.9. The second-order valence-electron chi connectivity index (χ2n) is 12.9. The van der Waals surface area contributed by atoms with Gasteiger partial charge in [-0.3, -0.25) is 0 Å². The predicted molar refractivity (Wildman–Crippen MR) is 210 cm³/mol. The molecule has 0 radical (unpaired) electrons. The summed E-state index contributed by atoms with van der Waals surface area (Å²) in [6.07, 6.45) is 0. The Labute approximate surface area is 340 Å². The zero-order chi connectivity index (χ0) is 42.8. The molecule has 0 atom stereocenters. The van der Waals surface area contributed by atoms with Crippen molar-refractivity contribution < 1.29 is 8.78 Å². The Morgan fingerprint density at radius 1 is 0.367 bits per heavy atom. The van der Waals surface area contributed by atoms with Crippen LogP contribution >= 0.6 is 0 Å². The molecular weight excluding hydrogens is 755 g/mol. The molecule has 0 aromatic heterocycles. The van der Waals surface area contributed by atoms with Gasteiger partial charge in [-0.05, 0) is 70.8 Å². The van der Waals surface area contributed by atoms with Crippen molar-refractivity contribution in [2.24, 2.45) is 0 Å². The van der Waals surface area contributed by atoms with Gasteiger partial charge < -0.3 is 0 Å². The lowest BCUT2D eigenvalue weighted by Gasteiger charge is -2.18. The first-order valence-corrected chi connectivity index (χ1v) is 17.2. The van der Waals surface area contributed by atoms with Crippen LogP contribution in [0.3, 0.4) is 0 Å². The average molecular weight is 769 g/mol. The number of nitrogens with zero attached hydrogens (tertiary/aromatic N) is 10. The molecule has 0 amide bonds.